The lowest BCUT2D eigenvalue weighted by molar-refractivity contribution is -0.469. The van der Waals surface area contributed by atoms with Gasteiger partial charge in [-0.3, -0.25) is 19.2 Å². The number of benzene rings is 6. The molecule has 0 unspecified atom stereocenters. The molecule has 0 bridgehead atoms. The van der Waals surface area contributed by atoms with Crippen molar-refractivity contribution in [3.05, 3.63) is 184 Å². The topological polar surface area (TPSA) is 207 Å². The first kappa shape index (κ1) is 76.9. The van der Waals surface area contributed by atoms with Crippen molar-refractivity contribution < 1.29 is 71.1 Å². The Hall–Kier alpha value is -8.16. The van der Waals surface area contributed by atoms with Crippen molar-refractivity contribution in [1.82, 2.24) is 14.9 Å². The fraction of sp³-hybridized carbons (Fsp3) is 0.427. The molecule has 21 heteroatoms. The molecule has 2 amide bonds. The molecule has 5 atom stereocenters. The Balaban J connectivity index is 0.000000261. The zero-order valence-corrected chi connectivity index (χ0v) is 61.5. The molecule has 1 N–H and O–H groups in total. The molecule has 6 aromatic carbocycles. The smallest absolute Gasteiger partial charge is 0.396 e. The summed E-state index contributed by atoms with van der Waals surface area (Å²) in [6.45, 7) is 27.6. The minimum Gasteiger partial charge on any atom is -0.623 e. The molecular weight excluding hydrogens is 1250 g/mol. The van der Waals surface area contributed by atoms with Gasteiger partial charge in [0.05, 0.1) is 58.7 Å². The van der Waals surface area contributed by atoms with Gasteiger partial charge in [0.25, 0.3) is 18.0 Å². The van der Waals surface area contributed by atoms with E-state index in [2.05, 4.69) is 72.5 Å². The van der Waals surface area contributed by atoms with Gasteiger partial charge in [-0.05, 0) is 127 Å². The Bertz CT molecular complexity index is 3600. The number of esters is 2. The van der Waals surface area contributed by atoms with Crippen LogP contribution in [0.5, 0.6) is 23.0 Å². The predicted molar refractivity (Wildman–Crippen MR) is 380 cm³/mol. The Kier molecular flexibility index (Phi) is 27.4. The van der Waals surface area contributed by atoms with Crippen LogP contribution in [0.25, 0.3) is 22.3 Å². The molecule has 2 aliphatic heterocycles. The fourth-order valence-corrected chi connectivity index (χ4v) is 12.0. The lowest BCUT2D eigenvalue weighted by atomic mass is 9.92. The fourth-order valence-electron chi connectivity index (χ4n) is 10.0. The third-order valence-electron chi connectivity index (χ3n) is 17.7. The first-order valence-electron chi connectivity index (χ1n) is 32.2. The van der Waals surface area contributed by atoms with Gasteiger partial charge in [-0.15, -0.1) is 0 Å². The van der Waals surface area contributed by atoms with E-state index in [9.17, 15) is 24.4 Å². The molecule has 8 rings (SSSR count). The number of ether oxygens (including phenoxy) is 6. The van der Waals surface area contributed by atoms with Gasteiger partial charge < -0.3 is 57.4 Å². The van der Waals surface area contributed by atoms with Crippen molar-refractivity contribution in [2.75, 3.05) is 62.7 Å². The van der Waals surface area contributed by atoms with Gasteiger partial charge in [0.1, 0.15) is 54.5 Å². The van der Waals surface area contributed by atoms with Crippen molar-refractivity contribution in [2.24, 2.45) is 5.92 Å². The zero-order chi connectivity index (χ0) is 70.9. The molecule has 0 radical (unpaired) electrons. The molecule has 0 aliphatic carbocycles. The first-order chi connectivity index (χ1) is 45.2. The number of hydroxylamine groups is 3. The van der Waals surface area contributed by atoms with Gasteiger partial charge in [0.15, 0.2) is 23.2 Å². The van der Waals surface area contributed by atoms with Crippen LogP contribution in [0.3, 0.4) is 0 Å². The highest BCUT2D eigenvalue weighted by molar-refractivity contribution is 6.74. The lowest BCUT2D eigenvalue weighted by Gasteiger charge is -2.37. The van der Waals surface area contributed by atoms with Gasteiger partial charge in [0, 0.05) is 56.0 Å². The monoisotopic (exact) mass is 1350 g/mol. The summed E-state index contributed by atoms with van der Waals surface area (Å²) < 4.78 is 46.6. The van der Waals surface area contributed by atoms with Crippen LogP contribution in [0, 0.1) is 11.1 Å². The highest BCUT2D eigenvalue weighted by Gasteiger charge is 2.57. The van der Waals surface area contributed by atoms with Crippen LogP contribution in [0.4, 0.5) is 0 Å². The van der Waals surface area contributed by atoms with Crippen LogP contribution in [0.15, 0.2) is 146 Å². The summed E-state index contributed by atoms with van der Waals surface area (Å²) in [7, 11) is 7.67. The van der Waals surface area contributed by atoms with Crippen molar-refractivity contribution >= 4 is 46.6 Å². The molecule has 2 saturated heterocycles. The standard InChI is InChI=1S/C37H48N2O7Si.C27H28N2O6.C11H24O2Si/c1-24-32-31(23-44-47(8,9)37(2,3)4)46-39(33(32)36(41)45-24)21-28-11-10-12-30(26-15-17-27(18-16-26)35(40)38(5)6)34(28)43-22-25-13-19-29(42-7)20-14-25;1-28(2)27(31)21-12-10-20(11-13-21)24-7-5-6-22(16-29(32)17-25(30)34-4)26(24)35-18-19-8-14-23(33-3)15-9-19;1-10(12)8-7-9-13-14(5,6)11(2,3)4/h10-20,24,31-33H,21-23H2,1-9H3;5-15,17H,16,18H2,1-4H3;7-8,10,12H,9H2,1-6H3/b;29-17-;8-7-/t24-,31-,32+,33-;;10-/m0.0/s1. The number of hydrogen-bond acceptors (Lipinski definition) is 16. The van der Waals surface area contributed by atoms with Gasteiger partial charge in [-0.25, -0.2) is 9.53 Å². The van der Waals surface area contributed by atoms with Crippen molar-refractivity contribution in [2.45, 2.75) is 142 Å². The molecule has 518 valence electrons. The largest absolute Gasteiger partial charge is 0.623 e. The molecule has 0 saturated carbocycles. The number of aliphatic hydroxyl groups is 1. The number of cyclic esters (lactones) is 1. The minimum atomic E-state index is -2.05. The van der Waals surface area contributed by atoms with Crippen molar-refractivity contribution in [1.29, 1.82) is 0 Å². The highest BCUT2D eigenvalue weighted by atomic mass is 28.4. The zero-order valence-electron chi connectivity index (χ0n) is 59.5. The summed E-state index contributed by atoms with van der Waals surface area (Å²) in [5.41, 5.74) is 7.87. The van der Waals surface area contributed by atoms with E-state index in [1.165, 1.54) is 12.0 Å². The molecule has 6 aromatic rings. The Morgan fingerprint density at radius 3 is 1.54 bits per heavy atom. The summed E-state index contributed by atoms with van der Waals surface area (Å²) in [6.07, 6.45) is 3.52. The van der Waals surface area contributed by atoms with E-state index >= 15 is 0 Å². The van der Waals surface area contributed by atoms with E-state index in [0.29, 0.717) is 59.3 Å². The molecule has 19 nitrogen and oxygen atoms in total. The van der Waals surface area contributed by atoms with E-state index in [-0.39, 0.29) is 65.2 Å². The third kappa shape index (κ3) is 20.9. The van der Waals surface area contributed by atoms with Crippen LogP contribution in [-0.4, -0.2) is 158 Å². The van der Waals surface area contributed by atoms with E-state index in [4.69, 9.17) is 42.5 Å². The molecule has 0 aromatic heterocycles. The van der Waals surface area contributed by atoms with Gasteiger partial charge in [-0.2, -0.15) is 5.06 Å². The second-order valence-electron chi connectivity index (χ2n) is 27.3. The van der Waals surface area contributed by atoms with Crippen LogP contribution >= 0.6 is 0 Å². The van der Waals surface area contributed by atoms with Gasteiger partial charge >= 0.3 is 11.9 Å². The molecule has 2 fully saturated rings. The minimum absolute atomic E-state index is 0.0484. The average Bonchev–Trinajstić information content (AvgIpc) is 1.58. The third-order valence-corrected chi connectivity index (χ3v) is 26.7. The second-order valence-corrected chi connectivity index (χ2v) is 37.0. The van der Waals surface area contributed by atoms with Gasteiger partial charge in [-0.1, -0.05) is 133 Å². The van der Waals surface area contributed by atoms with Crippen LogP contribution in [0.2, 0.25) is 36.3 Å². The number of rotatable bonds is 24. The lowest BCUT2D eigenvalue weighted by Crippen LogP contribution is -2.44. The summed E-state index contributed by atoms with van der Waals surface area (Å²) in [6, 6.07) is 40.8. The first-order valence-corrected chi connectivity index (χ1v) is 38.0. The summed E-state index contributed by atoms with van der Waals surface area (Å²) in [5, 5.41) is 23.4. The molecule has 96 heavy (non-hydrogen) atoms. The van der Waals surface area contributed by atoms with Crippen molar-refractivity contribution in [3.8, 4) is 45.3 Å². The van der Waals surface area contributed by atoms with Crippen LogP contribution in [0.1, 0.15) is 98.4 Å². The summed E-state index contributed by atoms with van der Waals surface area (Å²) in [4.78, 5) is 59.1. The average molecular weight is 1350 g/mol. The maximum Gasteiger partial charge on any atom is 0.396 e. The number of carbonyl (C=O) groups is 4. The molecule has 2 heterocycles. The highest BCUT2D eigenvalue weighted by Crippen LogP contribution is 2.44. The number of carbonyl (C=O) groups excluding carboxylic acids is 4. The number of para-hydroxylation sites is 2. The van der Waals surface area contributed by atoms with E-state index in [1.807, 2.05) is 128 Å². The Morgan fingerprint density at radius 2 is 1.11 bits per heavy atom. The maximum absolute atomic E-state index is 13.2. The number of amides is 2. The molecule has 0 spiro atoms. The van der Waals surface area contributed by atoms with Gasteiger partial charge in [0.2, 0.25) is 0 Å². The normalized spacial score (nSPS) is 16.8. The van der Waals surface area contributed by atoms with Crippen LogP contribution in [-0.2, 0) is 59.1 Å². The molecule has 2 aliphatic rings. The second kappa shape index (κ2) is 34.2. The van der Waals surface area contributed by atoms with Crippen LogP contribution < -0.4 is 18.9 Å². The Labute approximate surface area is 570 Å². The quantitative estimate of drug-likeness (QED) is 0.0114. The van der Waals surface area contributed by atoms with Crippen molar-refractivity contribution in [3.63, 3.8) is 0 Å². The number of nitrogens with zero attached hydrogens (tertiary/aromatic N) is 4. The maximum atomic E-state index is 13.2. The van der Waals surface area contributed by atoms with E-state index < -0.39 is 28.6 Å². The SMILES string of the molecule is COC(=O)/C=[N+](\[O-])Cc1cccc(-c2ccc(C(=O)N(C)C)cc2)c1OCc1ccc(OC)cc1.COc1ccc(COc2c(CN3O[C@@H](CO[Si](C)(C)C(C)(C)C)[C@H]4[C@H](C)OC(=O)[C@H]43)cccc2-c2ccc(C(=O)N(C)C)cc2)cc1.C[C@H](O)/C=C\CO[Si](C)(C)C(C)(C)C. The predicted octanol–water partition coefficient (Wildman–Crippen LogP) is 13.6. The number of hydrogen-bond donors (Lipinski definition) is 1. The summed E-state index contributed by atoms with van der Waals surface area (Å²) in [5.74, 6) is 1.36. The number of aliphatic hydroxyl groups excluding tert-OH is 1. The Morgan fingerprint density at radius 1 is 0.667 bits per heavy atom. The molecular formula is C75H100N4O15Si2. The van der Waals surface area contributed by atoms with E-state index in [1.54, 1.807) is 83.6 Å². The van der Waals surface area contributed by atoms with E-state index in [0.717, 1.165) is 56.7 Å². The number of fused-ring (bicyclic) bond motifs is 1. The summed E-state index contributed by atoms with van der Waals surface area (Å²) >= 11 is 0. The number of methoxy groups -OCH3 is 3.